The van der Waals surface area contributed by atoms with Gasteiger partial charge in [-0.15, -0.1) is 0 Å². The number of methoxy groups -OCH3 is 1. The van der Waals surface area contributed by atoms with Gasteiger partial charge >= 0.3 is 113 Å². The lowest BCUT2D eigenvalue weighted by atomic mass is 9.95. The Balaban J connectivity index is 1.11. The molecule has 0 saturated carbocycles. The Morgan fingerprint density at radius 2 is 0.366 bits per heavy atom. The first-order chi connectivity index (χ1) is 68.8. The van der Waals surface area contributed by atoms with Gasteiger partial charge in [-0.3, -0.25) is 71.9 Å². The third-order valence-corrected chi connectivity index (χ3v) is 21.6. The van der Waals surface area contributed by atoms with Crippen molar-refractivity contribution < 1.29 is 238 Å². The molecule has 6 aliphatic rings. The number of carbonyl (C=O) groups excluding carboxylic acids is 19. The first kappa shape index (κ1) is 113. The van der Waals surface area contributed by atoms with Crippen LogP contribution in [0.1, 0.15) is 145 Å². The summed E-state index contributed by atoms with van der Waals surface area (Å²) in [4.78, 5) is 259. The molecule has 50 nitrogen and oxygen atoms in total. The van der Waals surface area contributed by atoms with Gasteiger partial charge in [-0.05, 0) is 48.5 Å². The molecule has 0 radical (unpaired) electrons. The molecule has 4 aromatic rings. The number of hydrogen-bond donors (Lipinski definition) is 0. The Bertz CT molecular complexity index is 5190. The number of ether oxygens (including phenoxy) is 31. The van der Waals surface area contributed by atoms with E-state index in [-0.39, 0.29) is 22.3 Å². The van der Waals surface area contributed by atoms with Crippen LogP contribution in [0.2, 0.25) is 0 Å². The maximum atomic E-state index is 14.9. The lowest BCUT2D eigenvalue weighted by molar-refractivity contribution is -0.374. The Labute approximate surface area is 826 Å². The zero-order valence-corrected chi connectivity index (χ0v) is 81.0. The number of esters is 19. The van der Waals surface area contributed by atoms with Crippen molar-refractivity contribution in [1.82, 2.24) is 0 Å². The Kier molecular flexibility index (Phi) is 41.6. The van der Waals surface area contributed by atoms with E-state index in [0.717, 1.165) is 111 Å². The fourth-order valence-corrected chi connectivity index (χ4v) is 16.2. The van der Waals surface area contributed by atoms with Gasteiger partial charge in [0.2, 0.25) is 0 Å². The lowest BCUT2D eigenvalue weighted by Gasteiger charge is -2.49. The standard InChI is InChI=1S/C95H110O50/c1-43(96)116-37-62-68(122-45(3)98)74(127-50(8)103)81(131-54(12)107)91(136-62)120-42-67-72(126-49(7)102)79(145-94-84(134-57(15)110)76(129-52(10)105)69(123-46(4)99)63(139-94)38-117-44(2)97)83(133-56(14)109)93(138-67)121-41-66-70(124-47(5)100)75(128-51(9)104)82(132-55(13)108)92(137-66)119-40-65-71(125-48(6)101)78(80(130-53(11)106)90(115-16)135-65)144-95-85(143-89(114)61-35-27-20-28-36-61)77(142-88(113)60-33-25-19-26-34-60)73(141-87(112)59-31-23-18-24-32-59)64(140-95)39-118-86(111)58-29-21-17-22-30-58/h17-36,62-85,90-95H,37-42H2,1-16H3/t62-,63-,64-,65-,66-,67-,68-,69-,70-,71-,72-,73-,74+,75+,76+,77+,78+,79+,80+,81+,82+,83+,84+,85+,90+,91+,92+,93+,94-,95-/m1/s1. The minimum Gasteiger partial charge on any atom is -0.463 e. The van der Waals surface area contributed by atoms with E-state index < -0.39 is 337 Å². The second-order valence-electron chi connectivity index (χ2n) is 32.9. The minimum absolute atomic E-state index is 0.00965. The van der Waals surface area contributed by atoms with Crippen molar-refractivity contribution >= 4 is 113 Å². The molecule has 0 aromatic heterocycles. The van der Waals surface area contributed by atoms with Crippen LogP contribution in [0.5, 0.6) is 0 Å². The monoisotopic (exact) mass is 2050 g/mol. The summed E-state index contributed by atoms with van der Waals surface area (Å²) in [6.45, 7) is 7.30. The van der Waals surface area contributed by atoms with Gasteiger partial charge in [0.05, 0.1) is 42.1 Å². The molecule has 790 valence electrons. The van der Waals surface area contributed by atoms with E-state index in [4.69, 9.17) is 147 Å². The van der Waals surface area contributed by atoms with E-state index >= 15 is 0 Å². The van der Waals surface area contributed by atoms with Crippen LogP contribution in [0.3, 0.4) is 0 Å². The third kappa shape index (κ3) is 32.2. The van der Waals surface area contributed by atoms with Gasteiger partial charge in [-0.25, -0.2) is 19.2 Å². The first-order valence-electron chi connectivity index (χ1n) is 45.0. The molecular formula is C95H110O50. The number of rotatable bonds is 40. The first-order valence-corrected chi connectivity index (χ1v) is 45.0. The predicted molar refractivity (Wildman–Crippen MR) is 466 cm³/mol. The van der Waals surface area contributed by atoms with E-state index in [0.29, 0.717) is 0 Å². The molecule has 6 fully saturated rings. The molecular weight excluding hydrogens is 1940 g/mol. The van der Waals surface area contributed by atoms with Crippen molar-refractivity contribution in [2.75, 3.05) is 46.8 Å². The van der Waals surface area contributed by atoms with Gasteiger partial charge in [-0.2, -0.15) is 0 Å². The van der Waals surface area contributed by atoms with Gasteiger partial charge in [0, 0.05) is 111 Å². The molecule has 0 bridgehead atoms. The molecule has 50 heteroatoms. The SMILES string of the molecule is CO[C@H]1O[C@H](CO[C@H]2O[C@H](CO[C@H]3O[C@H](CO[C@H]4O[C@H](COC(C)=O)[C@@H](OC(C)=O)[C@H](OC(C)=O)[C@@H]4OC(C)=O)[C@@H](OC(C)=O)[C@H](O[C@H]4O[C@H](COC(C)=O)[C@@H](OC(C)=O)[C@H](OC(C)=O)[C@@H]4OC(C)=O)[C@@H]3OC(C)=O)[C@@H](OC(C)=O)[C@H](OC(C)=O)[C@@H]2OC(C)=O)[C@@H](OC(C)=O)[C@H](O[C@H]2O[C@H](COC(=O)c3ccccc3)[C@@H](OC(=O)c3ccccc3)[C@H](OC(=O)c3ccccc3)[C@@H]2OC(=O)c2ccccc2)[C@@H]1OC(C)=O. The van der Waals surface area contributed by atoms with Crippen LogP contribution in [-0.4, -0.2) is 344 Å². The normalized spacial score (nSPS) is 29.9. The quantitative estimate of drug-likeness (QED) is 0.0456. The highest BCUT2D eigenvalue weighted by Gasteiger charge is 2.63. The van der Waals surface area contributed by atoms with E-state index in [2.05, 4.69) is 0 Å². The topological polar surface area (TPSA) is 610 Å². The van der Waals surface area contributed by atoms with Crippen molar-refractivity contribution in [3.63, 3.8) is 0 Å². The summed E-state index contributed by atoms with van der Waals surface area (Å²) in [6.07, 6.45) is -62.9. The van der Waals surface area contributed by atoms with Crippen molar-refractivity contribution in [3.8, 4) is 0 Å². The number of carbonyl (C=O) groups is 19. The molecule has 0 aliphatic carbocycles. The molecule has 30 atom stereocenters. The predicted octanol–water partition coefficient (Wildman–Crippen LogP) is 2.57. The zero-order valence-electron chi connectivity index (χ0n) is 81.0. The summed E-state index contributed by atoms with van der Waals surface area (Å²) in [6, 6.07) is 29.1. The van der Waals surface area contributed by atoms with Crippen LogP contribution in [0.4, 0.5) is 0 Å². The molecule has 0 unspecified atom stereocenters. The van der Waals surface area contributed by atoms with Gasteiger partial charge in [-0.1, -0.05) is 72.8 Å². The highest BCUT2D eigenvalue weighted by molar-refractivity contribution is 5.92. The summed E-state index contributed by atoms with van der Waals surface area (Å²) >= 11 is 0. The molecule has 4 aromatic carbocycles. The van der Waals surface area contributed by atoms with Gasteiger partial charge in [0.15, 0.2) is 135 Å². The molecule has 6 heterocycles. The Morgan fingerprint density at radius 3 is 0.634 bits per heavy atom. The van der Waals surface area contributed by atoms with E-state index in [9.17, 15) is 91.1 Å². The van der Waals surface area contributed by atoms with Crippen LogP contribution >= 0.6 is 0 Å². The van der Waals surface area contributed by atoms with Gasteiger partial charge in [0.1, 0.15) is 68.7 Å². The number of benzene rings is 4. The molecule has 6 aliphatic heterocycles. The van der Waals surface area contributed by atoms with Crippen molar-refractivity contribution in [3.05, 3.63) is 144 Å². The van der Waals surface area contributed by atoms with Crippen molar-refractivity contribution in [2.45, 2.75) is 288 Å². The molecule has 6 saturated heterocycles. The van der Waals surface area contributed by atoms with Crippen molar-refractivity contribution in [2.24, 2.45) is 0 Å². The van der Waals surface area contributed by atoms with Gasteiger partial charge < -0.3 is 147 Å². The summed E-state index contributed by atoms with van der Waals surface area (Å²) in [5, 5.41) is 0. The second-order valence-corrected chi connectivity index (χ2v) is 32.9. The minimum atomic E-state index is -2.40. The molecule has 0 N–H and O–H groups in total. The smallest absolute Gasteiger partial charge is 0.338 e. The maximum Gasteiger partial charge on any atom is 0.338 e. The third-order valence-electron chi connectivity index (χ3n) is 21.6. The van der Waals surface area contributed by atoms with Crippen LogP contribution < -0.4 is 0 Å². The molecule has 0 amide bonds. The fraction of sp³-hybridized carbons (Fsp3) is 0.547. The molecule has 145 heavy (non-hydrogen) atoms. The molecule has 10 rings (SSSR count). The highest BCUT2D eigenvalue weighted by atomic mass is 16.8. The largest absolute Gasteiger partial charge is 0.463 e. The second kappa shape index (κ2) is 53.3. The number of hydrogen-bond acceptors (Lipinski definition) is 50. The average Bonchev–Trinajstić information content (AvgIpc) is 0.762. The summed E-state index contributed by atoms with van der Waals surface area (Å²) < 4.78 is 189. The fourth-order valence-electron chi connectivity index (χ4n) is 16.2. The van der Waals surface area contributed by atoms with Gasteiger partial charge in [0.25, 0.3) is 0 Å². The van der Waals surface area contributed by atoms with Crippen LogP contribution in [0.25, 0.3) is 0 Å². The molecule has 0 spiro atoms. The van der Waals surface area contributed by atoms with E-state index in [1.54, 1.807) is 24.3 Å². The summed E-state index contributed by atoms with van der Waals surface area (Å²) in [5.41, 5.74) is -0.399. The summed E-state index contributed by atoms with van der Waals surface area (Å²) in [5.74, 6) is -21.5. The lowest BCUT2D eigenvalue weighted by Crippen LogP contribution is -2.68. The van der Waals surface area contributed by atoms with Crippen LogP contribution in [-0.2, 0) is 219 Å². The Hall–Kier alpha value is -13.7. The zero-order chi connectivity index (χ0) is 106. The Morgan fingerprint density at radius 1 is 0.186 bits per heavy atom. The van der Waals surface area contributed by atoms with E-state index in [1.807, 2.05) is 0 Å². The highest BCUT2D eigenvalue weighted by Crippen LogP contribution is 2.42. The maximum absolute atomic E-state index is 14.9. The van der Waals surface area contributed by atoms with E-state index in [1.165, 1.54) is 97.1 Å². The van der Waals surface area contributed by atoms with Crippen LogP contribution in [0.15, 0.2) is 121 Å². The summed E-state index contributed by atoms with van der Waals surface area (Å²) in [7, 11) is 1.04. The average molecular weight is 2050 g/mol. The van der Waals surface area contributed by atoms with Crippen molar-refractivity contribution in [1.29, 1.82) is 0 Å². The van der Waals surface area contributed by atoms with Crippen LogP contribution in [0, 0.1) is 0 Å².